The fraction of sp³-hybridized carbons (Fsp3) is 0.667. The third-order valence-corrected chi connectivity index (χ3v) is 4.47. The summed E-state index contributed by atoms with van der Waals surface area (Å²) in [5, 5.41) is 0. The van der Waals surface area contributed by atoms with Crippen molar-refractivity contribution in [3.63, 3.8) is 0 Å². The summed E-state index contributed by atoms with van der Waals surface area (Å²) in [4.78, 5) is 2.71. The summed E-state index contributed by atoms with van der Waals surface area (Å²) < 4.78 is 5.49. The summed E-state index contributed by atoms with van der Waals surface area (Å²) >= 11 is 1.84. The zero-order chi connectivity index (χ0) is 10.8. The van der Waals surface area contributed by atoms with Gasteiger partial charge in [0, 0.05) is 28.3 Å². The molecule has 1 aromatic rings. The van der Waals surface area contributed by atoms with E-state index in [4.69, 9.17) is 10.5 Å². The van der Waals surface area contributed by atoms with Crippen LogP contribution in [0.4, 0.5) is 0 Å². The molecule has 2 rings (SSSR count). The van der Waals surface area contributed by atoms with Crippen molar-refractivity contribution in [2.24, 2.45) is 11.7 Å². The van der Waals surface area contributed by atoms with E-state index in [1.54, 1.807) is 0 Å². The van der Waals surface area contributed by atoms with Crippen LogP contribution in [0.15, 0.2) is 6.07 Å². The molecule has 2 unspecified atom stereocenters. The number of hydrogen-bond acceptors (Lipinski definition) is 3. The lowest BCUT2D eigenvalue weighted by atomic mass is 9.93. The van der Waals surface area contributed by atoms with E-state index in [2.05, 4.69) is 19.9 Å². The Morgan fingerprint density at radius 1 is 1.53 bits per heavy atom. The van der Waals surface area contributed by atoms with Gasteiger partial charge in [0.2, 0.25) is 0 Å². The number of thiophene rings is 1. The van der Waals surface area contributed by atoms with E-state index in [0.29, 0.717) is 5.92 Å². The molecule has 0 bridgehead atoms. The molecule has 1 fully saturated rings. The minimum atomic E-state index is 0.169. The van der Waals surface area contributed by atoms with Gasteiger partial charge in [0.1, 0.15) is 0 Å². The summed E-state index contributed by atoms with van der Waals surface area (Å²) in [7, 11) is 0. The number of hydrogen-bond donors (Lipinski definition) is 1. The molecule has 0 saturated carbocycles. The molecule has 1 aliphatic rings. The summed E-state index contributed by atoms with van der Waals surface area (Å²) in [5.41, 5.74) is 7.65. The summed E-state index contributed by atoms with van der Waals surface area (Å²) in [6, 6.07) is 2.40. The highest BCUT2D eigenvalue weighted by Gasteiger charge is 2.23. The lowest BCUT2D eigenvalue weighted by Gasteiger charge is -2.26. The Hall–Kier alpha value is -0.380. The quantitative estimate of drug-likeness (QED) is 0.840. The Morgan fingerprint density at radius 3 is 2.87 bits per heavy atom. The van der Waals surface area contributed by atoms with Crippen LogP contribution in [0.3, 0.4) is 0 Å². The lowest BCUT2D eigenvalue weighted by molar-refractivity contribution is 0.0452. The molecule has 0 aromatic carbocycles. The molecule has 15 heavy (non-hydrogen) atoms. The summed E-state index contributed by atoms with van der Waals surface area (Å²) in [6.45, 7) is 6.05. The first kappa shape index (κ1) is 11.1. The average Bonchev–Trinajstić information content (AvgIpc) is 2.59. The smallest absolute Gasteiger partial charge is 0.0512 e. The van der Waals surface area contributed by atoms with E-state index in [-0.39, 0.29) is 6.04 Å². The maximum atomic E-state index is 6.28. The highest BCUT2D eigenvalue weighted by molar-refractivity contribution is 7.12. The molecular formula is C12H19NOS. The maximum Gasteiger partial charge on any atom is 0.0512 e. The van der Waals surface area contributed by atoms with Crippen LogP contribution in [0.5, 0.6) is 0 Å². The predicted octanol–water partition coefficient (Wildman–Crippen LogP) is 2.79. The van der Waals surface area contributed by atoms with Crippen molar-refractivity contribution in [3.8, 4) is 0 Å². The van der Waals surface area contributed by atoms with Crippen LogP contribution in [0, 0.1) is 19.8 Å². The molecule has 2 atom stereocenters. The van der Waals surface area contributed by atoms with Gasteiger partial charge >= 0.3 is 0 Å². The zero-order valence-electron chi connectivity index (χ0n) is 9.45. The van der Waals surface area contributed by atoms with Crippen LogP contribution in [0.25, 0.3) is 0 Å². The SMILES string of the molecule is Cc1cc(C(N)C2CCCOC2)sc1C. The van der Waals surface area contributed by atoms with Gasteiger partial charge in [0.15, 0.2) is 0 Å². The molecule has 1 aromatic heterocycles. The Bertz CT molecular complexity index is 309. The van der Waals surface area contributed by atoms with E-state index in [0.717, 1.165) is 19.6 Å². The van der Waals surface area contributed by atoms with Crippen molar-refractivity contribution >= 4 is 11.3 Å². The second kappa shape index (κ2) is 4.64. The lowest BCUT2D eigenvalue weighted by Crippen LogP contribution is -2.28. The van der Waals surface area contributed by atoms with E-state index in [1.165, 1.54) is 21.7 Å². The van der Waals surface area contributed by atoms with Gasteiger partial charge in [-0.05, 0) is 38.3 Å². The fourth-order valence-electron chi connectivity index (χ4n) is 2.05. The summed E-state index contributed by atoms with van der Waals surface area (Å²) in [5.74, 6) is 0.510. The molecular weight excluding hydrogens is 206 g/mol. The minimum absolute atomic E-state index is 0.169. The van der Waals surface area contributed by atoms with Crippen LogP contribution in [-0.2, 0) is 4.74 Å². The van der Waals surface area contributed by atoms with Crippen LogP contribution >= 0.6 is 11.3 Å². The van der Waals surface area contributed by atoms with Gasteiger partial charge in [0.05, 0.1) is 6.61 Å². The number of rotatable bonds is 2. The van der Waals surface area contributed by atoms with Crippen LogP contribution in [0.1, 0.15) is 34.2 Å². The Balaban J connectivity index is 2.08. The fourth-order valence-corrected chi connectivity index (χ4v) is 3.18. The highest BCUT2D eigenvalue weighted by atomic mass is 32.1. The molecule has 2 heterocycles. The molecule has 0 radical (unpaired) electrons. The third kappa shape index (κ3) is 2.41. The van der Waals surface area contributed by atoms with E-state index < -0.39 is 0 Å². The Morgan fingerprint density at radius 2 is 2.33 bits per heavy atom. The van der Waals surface area contributed by atoms with Gasteiger partial charge in [-0.25, -0.2) is 0 Å². The molecule has 3 heteroatoms. The maximum absolute atomic E-state index is 6.28. The second-order valence-corrected chi connectivity index (χ2v) is 5.68. The highest BCUT2D eigenvalue weighted by Crippen LogP contribution is 2.32. The van der Waals surface area contributed by atoms with Crippen molar-refractivity contribution in [2.45, 2.75) is 32.7 Å². The van der Waals surface area contributed by atoms with Crippen LogP contribution in [0.2, 0.25) is 0 Å². The number of aryl methyl sites for hydroxylation is 2. The van der Waals surface area contributed by atoms with Crippen molar-refractivity contribution < 1.29 is 4.74 Å². The third-order valence-electron chi connectivity index (χ3n) is 3.22. The minimum Gasteiger partial charge on any atom is -0.381 e. The van der Waals surface area contributed by atoms with Gasteiger partial charge < -0.3 is 10.5 Å². The van der Waals surface area contributed by atoms with E-state index in [9.17, 15) is 0 Å². The molecule has 1 saturated heterocycles. The zero-order valence-corrected chi connectivity index (χ0v) is 10.3. The largest absolute Gasteiger partial charge is 0.381 e. The Labute approximate surface area is 95.4 Å². The second-order valence-electron chi connectivity index (χ2n) is 4.39. The Kier molecular flexibility index (Phi) is 3.44. The van der Waals surface area contributed by atoms with Crippen LogP contribution in [-0.4, -0.2) is 13.2 Å². The molecule has 0 aliphatic carbocycles. The van der Waals surface area contributed by atoms with Gasteiger partial charge in [-0.3, -0.25) is 0 Å². The van der Waals surface area contributed by atoms with Crippen molar-refractivity contribution in [3.05, 3.63) is 21.4 Å². The van der Waals surface area contributed by atoms with Crippen molar-refractivity contribution in [2.75, 3.05) is 13.2 Å². The molecule has 84 valence electrons. The van der Waals surface area contributed by atoms with Gasteiger partial charge in [-0.1, -0.05) is 0 Å². The van der Waals surface area contributed by atoms with E-state index in [1.807, 2.05) is 11.3 Å². The first-order valence-electron chi connectivity index (χ1n) is 5.58. The van der Waals surface area contributed by atoms with Gasteiger partial charge in [0.25, 0.3) is 0 Å². The van der Waals surface area contributed by atoms with E-state index >= 15 is 0 Å². The monoisotopic (exact) mass is 225 g/mol. The molecule has 0 amide bonds. The number of nitrogens with two attached hydrogens (primary N) is 1. The molecule has 1 aliphatic heterocycles. The standard InChI is InChI=1S/C12H19NOS/c1-8-6-11(15-9(8)2)12(13)10-4-3-5-14-7-10/h6,10,12H,3-5,7,13H2,1-2H3. The van der Waals surface area contributed by atoms with Crippen molar-refractivity contribution in [1.29, 1.82) is 0 Å². The normalized spacial score (nSPS) is 24.1. The molecule has 2 nitrogen and oxygen atoms in total. The number of ether oxygens (including phenoxy) is 1. The van der Waals surface area contributed by atoms with Crippen molar-refractivity contribution in [1.82, 2.24) is 0 Å². The van der Waals surface area contributed by atoms with Gasteiger partial charge in [-0.2, -0.15) is 0 Å². The first-order valence-corrected chi connectivity index (χ1v) is 6.40. The van der Waals surface area contributed by atoms with Gasteiger partial charge in [-0.15, -0.1) is 11.3 Å². The average molecular weight is 225 g/mol. The predicted molar refractivity (Wildman–Crippen MR) is 64.3 cm³/mol. The molecule has 0 spiro atoms. The topological polar surface area (TPSA) is 35.2 Å². The summed E-state index contributed by atoms with van der Waals surface area (Å²) in [6.07, 6.45) is 2.36. The first-order chi connectivity index (χ1) is 7.18. The van der Waals surface area contributed by atoms with Crippen LogP contribution < -0.4 is 5.73 Å². The molecule has 2 N–H and O–H groups in total.